The molecule has 0 aromatic heterocycles. The van der Waals surface area contributed by atoms with E-state index in [-0.39, 0.29) is 24.9 Å². The van der Waals surface area contributed by atoms with Crippen LogP contribution >= 0.6 is 0 Å². The van der Waals surface area contributed by atoms with Gasteiger partial charge in [0, 0.05) is 12.8 Å². The first-order valence-electron chi connectivity index (χ1n) is 25.2. The van der Waals surface area contributed by atoms with Crippen molar-refractivity contribution in [2.24, 2.45) is 0 Å². The summed E-state index contributed by atoms with van der Waals surface area (Å²) in [4.78, 5) is 24.9. The van der Waals surface area contributed by atoms with E-state index >= 15 is 0 Å². The predicted molar refractivity (Wildman–Crippen MR) is 259 cm³/mol. The van der Waals surface area contributed by atoms with E-state index in [1.165, 1.54) is 70.6 Å². The third-order valence-corrected chi connectivity index (χ3v) is 11.3. The summed E-state index contributed by atoms with van der Waals surface area (Å²) in [7, 11) is 0. The minimum absolute atomic E-state index is 0.0570. The largest absolute Gasteiger partial charge is 0.466 e. The highest BCUT2D eigenvalue weighted by Crippen LogP contribution is 2.22. The molecule has 1 saturated heterocycles. The van der Waals surface area contributed by atoms with Crippen LogP contribution in [0.4, 0.5) is 0 Å². The number of unbranched alkanes of at least 4 members (excludes halogenated alkanes) is 17. The van der Waals surface area contributed by atoms with Crippen molar-refractivity contribution in [3.63, 3.8) is 0 Å². The highest BCUT2D eigenvalue weighted by Gasteiger charge is 2.44. The first kappa shape index (κ1) is 59.1. The van der Waals surface area contributed by atoms with E-state index in [0.29, 0.717) is 25.9 Å². The van der Waals surface area contributed by atoms with Gasteiger partial charge in [-0.15, -0.1) is 0 Å². The van der Waals surface area contributed by atoms with Gasteiger partial charge in [-0.25, -0.2) is 0 Å². The lowest BCUT2D eigenvalue weighted by Crippen LogP contribution is -2.60. The summed E-state index contributed by atoms with van der Waals surface area (Å²) < 4.78 is 16.6. The molecule has 11 heteroatoms. The van der Waals surface area contributed by atoms with Crippen molar-refractivity contribution in [3.05, 3.63) is 72.9 Å². The molecule has 64 heavy (non-hydrogen) atoms. The van der Waals surface area contributed by atoms with E-state index < -0.39 is 49.5 Å². The molecule has 0 aromatic rings. The lowest BCUT2D eigenvalue weighted by Gasteiger charge is -2.40. The Morgan fingerprint density at radius 3 is 1.72 bits per heavy atom. The summed E-state index contributed by atoms with van der Waals surface area (Å²) in [5, 5.41) is 53.9. The number of hydrogen-bond acceptors (Lipinski definition) is 10. The molecule has 0 aliphatic carbocycles. The standard InChI is InChI=1S/C53H91NO10/c1-3-5-7-9-11-13-14-15-18-21-25-29-33-37-41-49(58)62-42-38-34-30-26-22-19-16-17-20-24-28-32-36-40-48(57)54-45(46(56)39-35-31-27-23-12-10-8-6-4-2)44-63-53-52(61)51(60)50(59)47(43-55)64-53/h9,11-12,14-15,17,20,23,28,32,35,39,45-47,50-53,55-56,59-61H,3-8,10,13,16,18-19,21-22,24-27,29-31,33-34,36-38,40-44H2,1-2H3,(H,54,57)/b11-9-,15-14-,20-17-,23-12+,32-28-,39-35+. The molecule has 368 valence electrons. The van der Waals surface area contributed by atoms with Crippen molar-refractivity contribution in [3.8, 4) is 0 Å². The van der Waals surface area contributed by atoms with Crippen LogP contribution < -0.4 is 5.32 Å². The minimum Gasteiger partial charge on any atom is -0.466 e. The van der Waals surface area contributed by atoms with Crippen LogP contribution in [0.5, 0.6) is 0 Å². The molecular formula is C53H91NO10. The lowest BCUT2D eigenvalue weighted by molar-refractivity contribution is -0.302. The molecule has 1 heterocycles. The van der Waals surface area contributed by atoms with Crippen LogP contribution in [0.15, 0.2) is 72.9 Å². The lowest BCUT2D eigenvalue weighted by atomic mass is 9.99. The number of carbonyl (C=O) groups excluding carboxylic acids is 2. The van der Waals surface area contributed by atoms with Gasteiger partial charge in [-0.2, -0.15) is 0 Å². The fourth-order valence-corrected chi connectivity index (χ4v) is 7.16. The Labute approximate surface area is 388 Å². The minimum atomic E-state index is -1.59. The summed E-state index contributed by atoms with van der Waals surface area (Å²) in [5.74, 6) is -0.336. The van der Waals surface area contributed by atoms with Crippen LogP contribution in [-0.4, -0.2) is 100 Å². The molecule has 0 radical (unpaired) electrons. The van der Waals surface area contributed by atoms with Gasteiger partial charge >= 0.3 is 5.97 Å². The maximum atomic E-state index is 12.9. The third-order valence-electron chi connectivity index (χ3n) is 11.3. The van der Waals surface area contributed by atoms with E-state index in [1.807, 2.05) is 18.2 Å². The van der Waals surface area contributed by atoms with Gasteiger partial charge in [0.2, 0.25) is 5.91 Å². The van der Waals surface area contributed by atoms with Crippen LogP contribution in [0, 0.1) is 0 Å². The molecule has 1 aliphatic rings. The molecule has 1 amide bonds. The number of allylic oxidation sites excluding steroid dienone is 11. The highest BCUT2D eigenvalue weighted by atomic mass is 16.7. The van der Waals surface area contributed by atoms with Crippen molar-refractivity contribution in [1.29, 1.82) is 0 Å². The van der Waals surface area contributed by atoms with Gasteiger partial charge in [-0.3, -0.25) is 9.59 Å². The zero-order valence-corrected chi connectivity index (χ0v) is 40.0. The Morgan fingerprint density at radius 1 is 0.578 bits per heavy atom. The van der Waals surface area contributed by atoms with Crippen molar-refractivity contribution < 1.29 is 49.3 Å². The second-order valence-corrected chi connectivity index (χ2v) is 17.1. The maximum absolute atomic E-state index is 12.9. The van der Waals surface area contributed by atoms with E-state index in [1.54, 1.807) is 6.08 Å². The molecule has 0 aromatic carbocycles. The quantitative estimate of drug-likeness (QED) is 0.0197. The number of aliphatic hydroxyl groups excluding tert-OH is 5. The molecule has 6 N–H and O–H groups in total. The molecule has 1 fully saturated rings. The predicted octanol–water partition coefficient (Wildman–Crippen LogP) is 10.1. The topological polar surface area (TPSA) is 175 Å². The maximum Gasteiger partial charge on any atom is 0.305 e. The molecule has 7 atom stereocenters. The number of hydrogen-bond donors (Lipinski definition) is 6. The Hall–Kier alpha value is -2.90. The molecule has 11 nitrogen and oxygen atoms in total. The van der Waals surface area contributed by atoms with Gasteiger partial charge in [0.15, 0.2) is 6.29 Å². The van der Waals surface area contributed by atoms with Crippen molar-refractivity contribution in [2.75, 3.05) is 19.8 Å². The van der Waals surface area contributed by atoms with E-state index in [0.717, 1.165) is 77.0 Å². The average molecular weight is 902 g/mol. The van der Waals surface area contributed by atoms with Crippen LogP contribution in [-0.2, 0) is 23.8 Å². The number of esters is 1. The van der Waals surface area contributed by atoms with Crippen molar-refractivity contribution in [1.82, 2.24) is 5.32 Å². The second-order valence-electron chi connectivity index (χ2n) is 17.1. The zero-order valence-electron chi connectivity index (χ0n) is 40.0. The normalized spacial score (nSPS) is 20.5. The molecular weight excluding hydrogens is 811 g/mol. The van der Waals surface area contributed by atoms with Gasteiger partial charge in [0.05, 0.1) is 32.0 Å². The van der Waals surface area contributed by atoms with Crippen molar-refractivity contribution >= 4 is 11.9 Å². The monoisotopic (exact) mass is 902 g/mol. The fraction of sp³-hybridized carbons (Fsp3) is 0.736. The summed E-state index contributed by atoms with van der Waals surface area (Å²) >= 11 is 0. The first-order valence-corrected chi connectivity index (χ1v) is 25.2. The van der Waals surface area contributed by atoms with E-state index in [9.17, 15) is 35.1 Å². The van der Waals surface area contributed by atoms with Crippen molar-refractivity contribution in [2.45, 2.75) is 230 Å². The van der Waals surface area contributed by atoms with Crippen LogP contribution in [0.1, 0.15) is 187 Å². The smallest absolute Gasteiger partial charge is 0.305 e. The Bertz CT molecular complexity index is 1290. The highest BCUT2D eigenvalue weighted by molar-refractivity contribution is 5.76. The second kappa shape index (κ2) is 42.7. The van der Waals surface area contributed by atoms with Crippen LogP contribution in [0.2, 0.25) is 0 Å². The number of amides is 1. The average Bonchev–Trinajstić information content (AvgIpc) is 3.29. The third kappa shape index (κ3) is 32.7. The molecule has 0 bridgehead atoms. The van der Waals surface area contributed by atoms with Gasteiger partial charge in [0.25, 0.3) is 0 Å². The zero-order chi connectivity index (χ0) is 46.7. The van der Waals surface area contributed by atoms with Gasteiger partial charge in [0.1, 0.15) is 24.4 Å². The van der Waals surface area contributed by atoms with E-state index in [2.05, 4.69) is 67.8 Å². The van der Waals surface area contributed by atoms with Gasteiger partial charge in [-0.05, 0) is 89.9 Å². The Morgan fingerprint density at radius 2 is 1.09 bits per heavy atom. The summed E-state index contributed by atoms with van der Waals surface area (Å²) in [6, 6.07) is -0.872. The molecule has 0 saturated carbocycles. The fourth-order valence-electron chi connectivity index (χ4n) is 7.16. The van der Waals surface area contributed by atoms with Gasteiger partial charge in [-0.1, -0.05) is 157 Å². The molecule has 0 spiro atoms. The molecule has 1 aliphatic heterocycles. The number of rotatable bonds is 41. The summed E-state index contributed by atoms with van der Waals surface area (Å²) in [6.07, 6.45) is 44.4. The number of ether oxygens (including phenoxy) is 3. The molecule has 1 rings (SSSR count). The Kier molecular flexibility index (Phi) is 39.5. The first-order chi connectivity index (χ1) is 31.2. The van der Waals surface area contributed by atoms with Crippen LogP contribution in [0.25, 0.3) is 0 Å². The Balaban J connectivity index is 2.20. The number of carbonyl (C=O) groups is 2. The van der Waals surface area contributed by atoms with Gasteiger partial charge < -0.3 is 45.1 Å². The van der Waals surface area contributed by atoms with Crippen LogP contribution in [0.3, 0.4) is 0 Å². The molecule has 7 unspecified atom stereocenters. The SMILES string of the molecule is CCCC/C=C\C/C=C\CCCCCCCC(=O)OCCCCCCCC/C=C\C/C=C\CCC(=O)NC(COC1OC(CO)C(O)C(O)C1O)C(O)/C=C/CC/C=C/CCCCC. The van der Waals surface area contributed by atoms with E-state index in [4.69, 9.17) is 14.2 Å². The summed E-state index contributed by atoms with van der Waals surface area (Å²) in [5.41, 5.74) is 0. The number of aliphatic hydroxyl groups is 5. The number of nitrogens with one attached hydrogen (secondary N) is 1. The summed E-state index contributed by atoms with van der Waals surface area (Å²) in [6.45, 7) is 4.10.